The molecule has 0 atom stereocenters. The van der Waals surface area contributed by atoms with E-state index in [4.69, 9.17) is 5.11 Å². The molecular weight excluding hydrogens is 280 g/mol. The maximum absolute atomic E-state index is 11.2. The molecule has 0 aromatic carbocycles. The van der Waals surface area contributed by atoms with Gasteiger partial charge in [0.15, 0.2) is 11.4 Å². The number of carboxylic acid groups (broad SMARTS) is 1. The van der Waals surface area contributed by atoms with Crippen LogP contribution < -0.4 is 5.32 Å². The summed E-state index contributed by atoms with van der Waals surface area (Å²) in [7, 11) is 1.27. The Morgan fingerprint density at radius 1 is 1.33 bits per heavy atom. The third kappa shape index (κ3) is 3.72. The van der Waals surface area contributed by atoms with Crippen molar-refractivity contribution >= 4 is 17.8 Å². The van der Waals surface area contributed by atoms with E-state index in [-0.39, 0.29) is 11.4 Å². The number of nitrogens with one attached hydrogen (secondary N) is 1. The van der Waals surface area contributed by atoms with Crippen LogP contribution in [-0.2, 0) is 11.3 Å². The van der Waals surface area contributed by atoms with E-state index in [1.165, 1.54) is 24.2 Å². The third-order valence-electron chi connectivity index (χ3n) is 2.45. The highest BCUT2D eigenvalue weighted by Crippen LogP contribution is 2.01. The fourth-order valence-corrected chi connectivity index (χ4v) is 1.43. The molecule has 2 heterocycles. The summed E-state index contributed by atoms with van der Waals surface area (Å²) in [6.07, 6.45) is 3.95. The highest BCUT2D eigenvalue weighted by Gasteiger charge is 2.10. The number of carboxylic acids is 1. The Labute approximate surface area is 118 Å². The standard InChI is InChI=1S/C11H12N6O4/c1-21-11(20)8-6-17(16-15-8)3-2-12-9-5-13-7(4-14-9)10(18)19/h4-6H,2-3H2,1H3,(H,12,14)(H,18,19). The van der Waals surface area contributed by atoms with Crippen LogP contribution in [0.2, 0.25) is 0 Å². The first-order valence-electron chi connectivity index (χ1n) is 5.88. The Bertz CT molecular complexity index is 638. The van der Waals surface area contributed by atoms with Gasteiger partial charge in [-0.3, -0.25) is 0 Å². The van der Waals surface area contributed by atoms with Gasteiger partial charge in [-0.2, -0.15) is 0 Å². The van der Waals surface area contributed by atoms with Crippen molar-refractivity contribution in [3.8, 4) is 0 Å². The van der Waals surface area contributed by atoms with Crippen molar-refractivity contribution in [3.05, 3.63) is 30.0 Å². The zero-order valence-electron chi connectivity index (χ0n) is 11.1. The molecule has 0 spiro atoms. The zero-order chi connectivity index (χ0) is 15.2. The average molecular weight is 292 g/mol. The van der Waals surface area contributed by atoms with Crippen molar-refractivity contribution in [1.82, 2.24) is 25.0 Å². The van der Waals surface area contributed by atoms with Crippen LogP contribution in [0.3, 0.4) is 0 Å². The highest BCUT2D eigenvalue weighted by atomic mass is 16.5. The van der Waals surface area contributed by atoms with Gasteiger partial charge in [-0.1, -0.05) is 5.21 Å². The topological polar surface area (TPSA) is 132 Å². The van der Waals surface area contributed by atoms with E-state index < -0.39 is 11.9 Å². The van der Waals surface area contributed by atoms with Gasteiger partial charge in [-0.15, -0.1) is 5.10 Å². The highest BCUT2D eigenvalue weighted by molar-refractivity contribution is 5.86. The van der Waals surface area contributed by atoms with Crippen LogP contribution >= 0.6 is 0 Å². The SMILES string of the molecule is COC(=O)c1cn(CCNc2cnc(C(=O)O)cn2)nn1. The molecule has 10 nitrogen and oxygen atoms in total. The number of methoxy groups -OCH3 is 1. The number of carbonyl (C=O) groups is 2. The van der Waals surface area contributed by atoms with Gasteiger partial charge in [-0.25, -0.2) is 24.2 Å². The summed E-state index contributed by atoms with van der Waals surface area (Å²) < 4.78 is 5.99. The second-order valence-corrected chi connectivity index (χ2v) is 3.88. The number of carbonyl (C=O) groups excluding carboxylic acids is 1. The first-order chi connectivity index (χ1) is 10.1. The maximum atomic E-state index is 11.2. The lowest BCUT2D eigenvalue weighted by molar-refractivity contribution is 0.0593. The van der Waals surface area contributed by atoms with Gasteiger partial charge in [0.05, 0.1) is 32.2 Å². The number of aromatic nitrogens is 5. The van der Waals surface area contributed by atoms with Gasteiger partial charge in [-0.05, 0) is 0 Å². The van der Waals surface area contributed by atoms with Crippen molar-refractivity contribution in [2.75, 3.05) is 19.0 Å². The first kappa shape index (κ1) is 14.4. The second-order valence-electron chi connectivity index (χ2n) is 3.88. The fourth-order valence-electron chi connectivity index (χ4n) is 1.43. The zero-order valence-corrected chi connectivity index (χ0v) is 11.1. The molecule has 21 heavy (non-hydrogen) atoms. The molecular formula is C11H12N6O4. The molecule has 2 N–H and O–H groups in total. The van der Waals surface area contributed by atoms with Gasteiger partial charge >= 0.3 is 11.9 Å². The maximum Gasteiger partial charge on any atom is 0.360 e. The van der Waals surface area contributed by atoms with Gasteiger partial charge in [0, 0.05) is 6.54 Å². The van der Waals surface area contributed by atoms with E-state index in [0.717, 1.165) is 6.20 Å². The molecule has 0 aliphatic rings. The molecule has 0 saturated carbocycles. The number of nitrogens with zero attached hydrogens (tertiary/aromatic N) is 5. The normalized spacial score (nSPS) is 10.1. The van der Waals surface area contributed by atoms with Crippen LogP contribution in [-0.4, -0.2) is 55.7 Å². The van der Waals surface area contributed by atoms with Gasteiger partial charge in [0.25, 0.3) is 0 Å². The quantitative estimate of drug-likeness (QED) is 0.686. The molecule has 0 amide bonds. The predicted octanol–water partition coefficient (Wildman–Crippen LogP) is -0.335. The van der Waals surface area contributed by atoms with Crippen LogP contribution in [0.25, 0.3) is 0 Å². The van der Waals surface area contributed by atoms with Gasteiger partial charge in [0.2, 0.25) is 0 Å². The van der Waals surface area contributed by atoms with Crippen molar-refractivity contribution < 1.29 is 19.4 Å². The molecule has 0 saturated heterocycles. The van der Waals surface area contributed by atoms with Crippen molar-refractivity contribution in [1.29, 1.82) is 0 Å². The average Bonchev–Trinajstić information content (AvgIpc) is 2.96. The number of esters is 1. The molecule has 2 rings (SSSR count). The molecule has 0 fully saturated rings. The third-order valence-corrected chi connectivity index (χ3v) is 2.45. The van der Waals surface area contributed by atoms with Gasteiger partial charge in [0.1, 0.15) is 5.82 Å². The summed E-state index contributed by atoms with van der Waals surface area (Å²) in [5, 5.41) is 19.1. The summed E-state index contributed by atoms with van der Waals surface area (Å²) in [6, 6.07) is 0. The summed E-state index contributed by atoms with van der Waals surface area (Å²) in [4.78, 5) is 29.4. The van der Waals surface area contributed by atoms with Crippen LogP contribution in [0.1, 0.15) is 21.0 Å². The Morgan fingerprint density at radius 2 is 2.14 bits per heavy atom. The number of ether oxygens (including phenoxy) is 1. The first-order valence-corrected chi connectivity index (χ1v) is 5.88. The molecule has 2 aromatic heterocycles. The monoisotopic (exact) mass is 292 g/mol. The van der Waals surface area contributed by atoms with Gasteiger partial charge < -0.3 is 15.2 Å². The van der Waals surface area contributed by atoms with E-state index in [0.29, 0.717) is 18.9 Å². The van der Waals surface area contributed by atoms with E-state index in [2.05, 4.69) is 30.3 Å². The Morgan fingerprint density at radius 3 is 2.76 bits per heavy atom. The lowest BCUT2D eigenvalue weighted by Gasteiger charge is -2.04. The van der Waals surface area contributed by atoms with Crippen molar-refractivity contribution in [2.24, 2.45) is 0 Å². The fraction of sp³-hybridized carbons (Fsp3) is 0.273. The lowest BCUT2D eigenvalue weighted by Crippen LogP contribution is -2.12. The van der Waals surface area contributed by atoms with E-state index in [9.17, 15) is 9.59 Å². The van der Waals surface area contributed by atoms with Crippen LogP contribution in [0.5, 0.6) is 0 Å². The minimum atomic E-state index is -1.13. The molecule has 2 aromatic rings. The van der Waals surface area contributed by atoms with E-state index in [1.54, 1.807) is 0 Å². The molecule has 0 unspecified atom stereocenters. The lowest BCUT2D eigenvalue weighted by atomic mass is 10.4. The molecule has 0 aliphatic heterocycles. The summed E-state index contributed by atoms with van der Waals surface area (Å²) >= 11 is 0. The molecule has 0 bridgehead atoms. The number of anilines is 1. The van der Waals surface area contributed by atoms with Crippen LogP contribution in [0, 0.1) is 0 Å². The Kier molecular flexibility index (Phi) is 4.39. The minimum absolute atomic E-state index is 0.125. The predicted molar refractivity (Wildman–Crippen MR) is 68.8 cm³/mol. The Hall–Kier alpha value is -3.04. The molecule has 0 radical (unpaired) electrons. The minimum Gasteiger partial charge on any atom is -0.476 e. The molecule has 0 aliphatic carbocycles. The number of hydrogen-bond donors (Lipinski definition) is 2. The smallest absolute Gasteiger partial charge is 0.360 e. The summed E-state index contributed by atoms with van der Waals surface area (Å²) in [5.74, 6) is -1.25. The number of aromatic carboxylic acids is 1. The summed E-state index contributed by atoms with van der Waals surface area (Å²) in [6.45, 7) is 0.886. The summed E-state index contributed by atoms with van der Waals surface area (Å²) in [5.41, 5.74) is 0.00245. The van der Waals surface area contributed by atoms with E-state index >= 15 is 0 Å². The number of rotatable bonds is 6. The van der Waals surface area contributed by atoms with Crippen LogP contribution in [0.15, 0.2) is 18.6 Å². The molecule has 10 heteroatoms. The molecule has 110 valence electrons. The Balaban J connectivity index is 1.85. The van der Waals surface area contributed by atoms with Crippen LogP contribution in [0.4, 0.5) is 5.82 Å². The number of hydrogen-bond acceptors (Lipinski definition) is 8. The van der Waals surface area contributed by atoms with E-state index in [1.807, 2.05) is 0 Å². The second kappa shape index (κ2) is 6.41. The van der Waals surface area contributed by atoms with Crippen molar-refractivity contribution in [3.63, 3.8) is 0 Å². The largest absolute Gasteiger partial charge is 0.476 e. The van der Waals surface area contributed by atoms with Crippen molar-refractivity contribution in [2.45, 2.75) is 6.54 Å².